The average Bonchev–Trinajstić information content (AvgIpc) is 1.99. The van der Waals surface area contributed by atoms with Crippen LogP contribution >= 0.6 is 0 Å². The Bertz CT molecular complexity index is 247. The van der Waals surface area contributed by atoms with Gasteiger partial charge in [-0.2, -0.15) is 0 Å². The Morgan fingerprint density at radius 1 is 1.47 bits per heavy atom. The summed E-state index contributed by atoms with van der Waals surface area (Å²) >= 11 is 0. The van der Waals surface area contributed by atoms with Gasteiger partial charge in [0, 0.05) is 12.1 Å². The van der Waals surface area contributed by atoms with Crippen molar-refractivity contribution in [1.29, 1.82) is 0 Å². The molecule has 1 fully saturated rings. The molecule has 2 N–H and O–H groups in total. The molecule has 0 aromatic heterocycles. The van der Waals surface area contributed by atoms with E-state index in [0.29, 0.717) is 13.0 Å². The molecule has 0 amide bonds. The lowest BCUT2D eigenvalue weighted by molar-refractivity contribution is -0.146. The molecule has 1 unspecified atom stereocenters. The van der Waals surface area contributed by atoms with Crippen molar-refractivity contribution < 1.29 is 15.0 Å². The SMILES string of the molecule is CC(C)(C)N1CCCC(O)(CC(=O)O)C1. The van der Waals surface area contributed by atoms with E-state index >= 15 is 0 Å². The molecular formula is C11H21NO3. The Kier molecular flexibility index (Phi) is 3.41. The average molecular weight is 215 g/mol. The number of rotatable bonds is 2. The number of aliphatic carboxylic acids is 1. The summed E-state index contributed by atoms with van der Waals surface area (Å²) in [5.41, 5.74) is -1.05. The molecular weight excluding hydrogens is 194 g/mol. The lowest BCUT2D eigenvalue weighted by Crippen LogP contribution is -2.55. The van der Waals surface area contributed by atoms with Gasteiger partial charge in [0.25, 0.3) is 0 Å². The third kappa shape index (κ3) is 3.47. The predicted molar refractivity (Wildman–Crippen MR) is 57.8 cm³/mol. The number of piperidine rings is 1. The lowest BCUT2D eigenvalue weighted by Gasteiger charge is -2.45. The largest absolute Gasteiger partial charge is 0.481 e. The van der Waals surface area contributed by atoms with Crippen LogP contribution in [-0.4, -0.2) is 45.3 Å². The molecule has 1 heterocycles. The van der Waals surface area contributed by atoms with E-state index in [2.05, 4.69) is 25.7 Å². The Morgan fingerprint density at radius 3 is 2.53 bits per heavy atom. The van der Waals surface area contributed by atoms with Crippen molar-refractivity contribution in [1.82, 2.24) is 4.90 Å². The van der Waals surface area contributed by atoms with Gasteiger partial charge in [0.15, 0.2) is 0 Å². The van der Waals surface area contributed by atoms with Crippen LogP contribution in [0.5, 0.6) is 0 Å². The molecule has 0 aromatic carbocycles. The van der Waals surface area contributed by atoms with Crippen molar-refractivity contribution in [2.75, 3.05) is 13.1 Å². The standard InChI is InChI=1S/C11H21NO3/c1-10(2,3)12-6-4-5-11(15,8-12)7-9(13)14/h15H,4-8H2,1-3H3,(H,13,14). The maximum absolute atomic E-state index is 10.7. The molecule has 1 aliphatic heterocycles. The molecule has 0 saturated carbocycles. The van der Waals surface area contributed by atoms with E-state index in [4.69, 9.17) is 5.11 Å². The summed E-state index contributed by atoms with van der Waals surface area (Å²) in [6, 6.07) is 0. The molecule has 1 saturated heterocycles. The monoisotopic (exact) mass is 215 g/mol. The van der Waals surface area contributed by atoms with Crippen LogP contribution in [0.25, 0.3) is 0 Å². The quantitative estimate of drug-likeness (QED) is 0.723. The second kappa shape index (κ2) is 4.10. The highest BCUT2D eigenvalue weighted by atomic mass is 16.4. The molecule has 0 bridgehead atoms. The van der Waals surface area contributed by atoms with Crippen LogP contribution in [-0.2, 0) is 4.79 Å². The van der Waals surface area contributed by atoms with Crippen LogP contribution in [0.2, 0.25) is 0 Å². The number of aliphatic hydroxyl groups is 1. The number of hydrogen-bond donors (Lipinski definition) is 2. The normalized spacial score (nSPS) is 29.1. The van der Waals surface area contributed by atoms with E-state index in [1.54, 1.807) is 0 Å². The number of carbonyl (C=O) groups is 1. The first-order valence-electron chi connectivity index (χ1n) is 5.42. The van der Waals surface area contributed by atoms with Crippen molar-refractivity contribution in [3.05, 3.63) is 0 Å². The van der Waals surface area contributed by atoms with E-state index in [-0.39, 0.29) is 12.0 Å². The van der Waals surface area contributed by atoms with Crippen LogP contribution in [0.3, 0.4) is 0 Å². The summed E-state index contributed by atoms with van der Waals surface area (Å²) in [6.45, 7) is 7.65. The van der Waals surface area contributed by atoms with Crippen LogP contribution in [0.15, 0.2) is 0 Å². The molecule has 4 heteroatoms. The fraction of sp³-hybridized carbons (Fsp3) is 0.909. The zero-order valence-electron chi connectivity index (χ0n) is 9.79. The van der Waals surface area contributed by atoms with Crippen LogP contribution in [0.1, 0.15) is 40.0 Å². The molecule has 4 nitrogen and oxygen atoms in total. The van der Waals surface area contributed by atoms with Crippen molar-refractivity contribution >= 4 is 5.97 Å². The van der Waals surface area contributed by atoms with Gasteiger partial charge in [0.2, 0.25) is 0 Å². The van der Waals surface area contributed by atoms with Crippen molar-refractivity contribution in [3.63, 3.8) is 0 Å². The molecule has 0 spiro atoms. The second-order valence-corrected chi connectivity index (χ2v) is 5.49. The fourth-order valence-corrected chi connectivity index (χ4v) is 2.11. The highest BCUT2D eigenvalue weighted by Crippen LogP contribution is 2.28. The highest BCUT2D eigenvalue weighted by Gasteiger charge is 2.38. The maximum Gasteiger partial charge on any atom is 0.306 e. The molecule has 0 radical (unpaired) electrons. The van der Waals surface area contributed by atoms with Crippen molar-refractivity contribution in [3.8, 4) is 0 Å². The molecule has 88 valence electrons. The molecule has 1 atom stereocenters. The maximum atomic E-state index is 10.7. The number of β-amino-alcohol motifs (C(OH)–C–C–N with tert-alkyl or cyclic N) is 1. The minimum Gasteiger partial charge on any atom is -0.481 e. The zero-order chi connectivity index (χ0) is 11.7. The first kappa shape index (κ1) is 12.5. The van der Waals surface area contributed by atoms with Gasteiger partial charge in [0.1, 0.15) is 0 Å². The third-order valence-electron chi connectivity index (χ3n) is 2.98. The summed E-state index contributed by atoms with van der Waals surface area (Å²) in [6.07, 6.45) is 1.30. The Hall–Kier alpha value is -0.610. The molecule has 1 aliphatic rings. The van der Waals surface area contributed by atoms with Gasteiger partial charge in [0.05, 0.1) is 12.0 Å². The van der Waals surface area contributed by atoms with Crippen molar-refractivity contribution in [2.45, 2.75) is 51.2 Å². The Labute approximate surface area is 90.9 Å². The second-order valence-electron chi connectivity index (χ2n) is 5.49. The minimum atomic E-state index is -1.04. The van der Waals surface area contributed by atoms with Gasteiger partial charge < -0.3 is 10.2 Å². The van der Waals surface area contributed by atoms with Gasteiger partial charge in [-0.05, 0) is 40.2 Å². The van der Waals surface area contributed by atoms with Crippen LogP contribution in [0, 0.1) is 0 Å². The molecule has 0 aliphatic carbocycles. The number of hydrogen-bond acceptors (Lipinski definition) is 3. The minimum absolute atomic E-state index is 0.00704. The van der Waals surface area contributed by atoms with E-state index in [9.17, 15) is 9.90 Å². The van der Waals surface area contributed by atoms with Crippen LogP contribution < -0.4 is 0 Å². The van der Waals surface area contributed by atoms with E-state index in [1.807, 2.05) is 0 Å². The van der Waals surface area contributed by atoms with Gasteiger partial charge >= 0.3 is 5.97 Å². The summed E-state index contributed by atoms with van der Waals surface area (Å²) in [5, 5.41) is 18.9. The topological polar surface area (TPSA) is 60.8 Å². The summed E-state index contributed by atoms with van der Waals surface area (Å²) in [7, 11) is 0. The number of carboxylic acid groups (broad SMARTS) is 1. The number of carboxylic acids is 1. The van der Waals surface area contributed by atoms with Gasteiger partial charge in [-0.25, -0.2) is 0 Å². The summed E-state index contributed by atoms with van der Waals surface area (Å²) in [5.74, 6) is -0.923. The third-order valence-corrected chi connectivity index (χ3v) is 2.98. The zero-order valence-corrected chi connectivity index (χ0v) is 9.79. The first-order chi connectivity index (χ1) is 6.73. The number of nitrogens with zero attached hydrogens (tertiary/aromatic N) is 1. The first-order valence-corrected chi connectivity index (χ1v) is 5.42. The molecule has 15 heavy (non-hydrogen) atoms. The highest BCUT2D eigenvalue weighted by molar-refractivity contribution is 5.68. The van der Waals surface area contributed by atoms with E-state index in [1.165, 1.54) is 0 Å². The van der Waals surface area contributed by atoms with E-state index in [0.717, 1.165) is 13.0 Å². The molecule has 0 aromatic rings. The van der Waals surface area contributed by atoms with Gasteiger partial charge in [-0.1, -0.05) is 0 Å². The Balaban J connectivity index is 2.66. The molecule has 1 rings (SSSR count). The summed E-state index contributed by atoms with van der Waals surface area (Å²) in [4.78, 5) is 12.8. The number of likely N-dealkylation sites (tertiary alicyclic amines) is 1. The van der Waals surface area contributed by atoms with Crippen LogP contribution in [0.4, 0.5) is 0 Å². The van der Waals surface area contributed by atoms with Crippen molar-refractivity contribution in [2.24, 2.45) is 0 Å². The van der Waals surface area contributed by atoms with Gasteiger partial charge in [-0.3, -0.25) is 9.69 Å². The Morgan fingerprint density at radius 2 is 2.07 bits per heavy atom. The fourth-order valence-electron chi connectivity index (χ4n) is 2.11. The summed E-state index contributed by atoms with van der Waals surface area (Å²) < 4.78 is 0. The van der Waals surface area contributed by atoms with E-state index < -0.39 is 11.6 Å². The van der Waals surface area contributed by atoms with Gasteiger partial charge in [-0.15, -0.1) is 0 Å². The smallest absolute Gasteiger partial charge is 0.306 e. The lowest BCUT2D eigenvalue weighted by atomic mass is 9.87. The predicted octanol–water partition coefficient (Wildman–Crippen LogP) is 1.09.